The lowest BCUT2D eigenvalue weighted by molar-refractivity contribution is -0.0578. The normalized spacial score (nSPS) is 31.0. The van der Waals surface area contributed by atoms with Gasteiger partial charge in [0.25, 0.3) is 11.1 Å². The van der Waals surface area contributed by atoms with Crippen molar-refractivity contribution in [3.05, 3.63) is 49.8 Å². The number of H-pyrrole nitrogens is 2. The van der Waals surface area contributed by atoms with Crippen LogP contribution in [0.1, 0.15) is 12.5 Å². The van der Waals surface area contributed by atoms with E-state index in [0.29, 0.717) is 0 Å². The molecule has 0 aromatic carbocycles. The predicted molar refractivity (Wildman–Crippen MR) is 136 cm³/mol. The standard InChI is InChI=1S/C19H23N7O15P2/c20-18-23-14-9(15(31)24-18)21-5-26(14)16-11(29)10(28)6(39-16)4-38-43(35,36)41-13-7(3-37-42(33)34)40-17(12(13)30)25-2-1-8(27)22-19(25)32/h1-2,5-7,10-13,16-17,28-30H,3-4H2,(H5-,20,22,23,24,27,31,32,33,34,35,36)/p+1/t6-,7-,10-,11-,12-,13-,16-,17-/m1/s1. The molecule has 2 unspecified atom stereocenters. The Bertz CT molecular complexity index is 1740. The monoisotopic (exact) mass is 652 g/mol. The number of hydrogen-bond acceptors (Lipinski definition) is 16. The summed E-state index contributed by atoms with van der Waals surface area (Å²) >= 11 is 0. The van der Waals surface area contributed by atoms with Crippen LogP contribution in [0, 0.1) is 0 Å². The number of phosphoric ester groups is 1. The number of aromatic nitrogens is 6. The molecule has 0 amide bonds. The zero-order chi connectivity index (χ0) is 31.2. The molecule has 5 rings (SSSR count). The second-order valence-corrected chi connectivity index (χ2v) is 11.4. The predicted octanol–water partition coefficient (Wildman–Crippen LogP) is -3.70. The van der Waals surface area contributed by atoms with Gasteiger partial charge in [-0.15, -0.1) is 9.42 Å². The van der Waals surface area contributed by atoms with Crippen molar-refractivity contribution in [2.24, 2.45) is 0 Å². The van der Waals surface area contributed by atoms with Crippen LogP contribution in [0.15, 0.2) is 33.0 Å². The van der Waals surface area contributed by atoms with E-state index in [0.717, 1.165) is 27.7 Å². The molecule has 22 nitrogen and oxygen atoms in total. The first-order valence-corrected chi connectivity index (χ1v) is 14.7. The maximum Gasteiger partial charge on any atom is 0.694 e. The highest BCUT2D eigenvalue weighted by atomic mass is 31.2. The molecule has 0 radical (unpaired) electrons. The van der Waals surface area contributed by atoms with Gasteiger partial charge in [-0.3, -0.25) is 37.7 Å². The number of nitrogens with one attached hydrogen (secondary N) is 2. The smallest absolute Gasteiger partial charge is 0.387 e. The van der Waals surface area contributed by atoms with E-state index >= 15 is 0 Å². The fourth-order valence-electron chi connectivity index (χ4n) is 4.56. The first-order valence-electron chi connectivity index (χ1n) is 12.1. The van der Waals surface area contributed by atoms with Gasteiger partial charge >= 0.3 is 21.8 Å². The third-order valence-corrected chi connectivity index (χ3v) is 7.86. The highest BCUT2D eigenvalue weighted by Gasteiger charge is 2.51. The van der Waals surface area contributed by atoms with Crippen molar-refractivity contribution in [2.75, 3.05) is 18.9 Å². The van der Waals surface area contributed by atoms with Gasteiger partial charge in [-0.25, -0.2) is 14.3 Å². The molecule has 0 spiro atoms. The number of fused-ring (bicyclic) bond motifs is 1. The molecule has 43 heavy (non-hydrogen) atoms. The number of imidazole rings is 1. The molecule has 234 valence electrons. The molecule has 2 saturated heterocycles. The second kappa shape index (κ2) is 12.0. The summed E-state index contributed by atoms with van der Waals surface area (Å²) in [5.74, 6) is -0.258. The summed E-state index contributed by atoms with van der Waals surface area (Å²) in [6.07, 6.45) is -10.9. The van der Waals surface area contributed by atoms with Crippen molar-refractivity contribution in [2.45, 2.75) is 49.1 Å². The molecule has 24 heteroatoms. The van der Waals surface area contributed by atoms with Crippen LogP contribution in [-0.2, 0) is 32.2 Å². The lowest BCUT2D eigenvalue weighted by atomic mass is 10.1. The molecule has 2 aliphatic rings. The van der Waals surface area contributed by atoms with Crippen LogP contribution in [0.5, 0.6) is 0 Å². The average molecular weight is 652 g/mol. The van der Waals surface area contributed by atoms with Crippen LogP contribution in [0.4, 0.5) is 5.95 Å². The zero-order valence-corrected chi connectivity index (χ0v) is 23.1. The number of aliphatic hydroxyl groups excluding tert-OH is 3. The Kier molecular flexibility index (Phi) is 8.73. The Morgan fingerprint density at radius 3 is 2.44 bits per heavy atom. The molecular weight excluding hydrogens is 628 g/mol. The van der Waals surface area contributed by atoms with Gasteiger partial charge < -0.3 is 35.4 Å². The number of rotatable bonds is 10. The third kappa shape index (κ3) is 6.36. The van der Waals surface area contributed by atoms with Gasteiger partial charge in [0.2, 0.25) is 5.95 Å². The minimum absolute atomic E-state index is 0.0838. The van der Waals surface area contributed by atoms with Gasteiger partial charge in [0, 0.05) is 16.8 Å². The summed E-state index contributed by atoms with van der Waals surface area (Å²) < 4.78 is 51.4. The van der Waals surface area contributed by atoms with Crippen molar-refractivity contribution < 1.29 is 57.3 Å². The topological polar surface area (TPSA) is 326 Å². The first kappa shape index (κ1) is 31.2. The Balaban J connectivity index is 1.29. The van der Waals surface area contributed by atoms with Crippen LogP contribution in [0.3, 0.4) is 0 Å². The average Bonchev–Trinajstić information content (AvgIpc) is 3.56. The minimum atomic E-state index is -5.17. The first-order chi connectivity index (χ1) is 20.3. The molecule has 3 aromatic rings. The minimum Gasteiger partial charge on any atom is -0.387 e. The molecule has 9 N–H and O–H groups in total. The van der Waals surface area contributed by atoms with Crippen LogP contribution >= 0.6 is 16.1 Å². The lowest BCUT2D eigenvalue weighted by Gasteiger charge is -2.23. The van der Waals surface area contributed by atoms with E-state index in [1.807, 2.05) is 4.98 Å². The van der Waals surface area contributed by atoms with E-state index in [2.05, 4.69) is 19.5 Å². The Labute approximate surface area is 237 Å². The van der Waals surface area contributed by atoms with Gasteiger partial charge in [0.1, 0.15) is 43.2 Å². The Hall–Kier alpha value is -3.24. The van der Waals surface area contributed by atoms with Crippen molar-refractivity contribution in [3.8, 4) is 0 Å². The number of nitrogen functional groups attached to an aromatic ring is 1. The summed E-state index contributed by atoms with van der Waals surface area (Å²) in [6, 6.07) is 0.937. The van der Waals surface area contributed by atoms with Crippen molar-refractivity contribution in [1.29, 1.82) is 0 Å². The second-order valence-electron chi connectivity index (χ2n) is 9.26. The van der Waals surface area contributed by atoms with Gasteiger partial charge in [-0.05, 0) is 0 Å². The number of nitrogens with two attached hydrogens (primary N) is 1. The molecule has 0 aliphatic carbocycles. The number of phosphoric acid groups is 1. The third-order valence-electron chi connectivity index (χ3n) is 6.50. The summed E-state index contributed by atoms with van der Waals surface area (Å²) in [7, 11) is -8.35. The lowest BCUT2D eigenvalue weighted by Crippen LogP contribution is -2.39. The van der Waals surface area contributed by atoms with E-state index in [4.69, 9.17) is 29.1 Å². The highest BCUT2D eigenvalue weighted by Crippen LogP contribution is 2.49. The van der Waals surface area contributed by atoms with E-state index in [1.165, 1.54) is 0 Å². The Morgan fingerprint density at radius 1 is 1.05 bits per heavy atom. The molecule has 2 fully saturated rings. The van der Waals surface area contributed by atoms with Gasteiger partial charge in [0.05, 0.1) is 12.9 Å². The fraction of sp³-hybridized carbons (Fsp3) is 0.526. The molecule has 0 saturated carbocycles. The summed E-state index contributed by atoms with van der Waals surface area (Å²) in [5, 5.41) is 31.9. The van der Waals surface area contributed by atoms with Gasteiger partial charge in [0.15, 0.2) is 23.6 Å². The van der Waals surface area contributed by atoms with Crippen LogP contribution < -0.4 is 22.5 Å². The number of ether oxygens (including phenoxy) is 2. The van der Waals surface area contributed by atoms with Gasteiger partial charge in [-0.1, -0.05) is 0 Å². The van der Waals surface area contributed by atoms with E-state index in [-0.39, 0.29) is 17.1 Å². The number of aromatic amines is 2. The fourth-order valence-corrected chi connectivity index (χ4v) is 5.80. The molecule has 0 bridgehead atoms. The van der Waals surface area contributed by atoms with Crippen molar-refractivity contribution in [3.63, 3.8) is 0 Å². The number of anilines is 1. The van der Waals surface area contributed by atoms with Crippen molar-refractivity contribution in [1.82, 2.24) is 29.1 Å². The molecule has 3 aromatic heterocycles. The molecule has 2 aliphatic heterocycles. The van der Waals surface area contributed by atoms with Crippen LogP contribution in [-0.4, -0.2) is 104 Å². The highest BCUT2D eigenvalue weighted by molar-refractivity contribution is 7.47. The zero-order valence-electron chi connectivity index (χ0n) is 21.3. The number of aliphatic hydroxyl groups is 3. The molecule has 10 atom stereocenters. The largest absolute Gasteiger partial charge is 0.694 e. The number of nitrogens with zero attached hydrogens (tertiary/aromatic N) is 4. The SMILES string of the molecule is Nc1nc2c(ncn2[C@@H]2O[C@H](COP(=O)(O)O[C@H]3[C@@H](O)[C@H](n4ccc(=O)[nH]c4=O)O[C@@H]3CO[P+](=O)O)[C@@H](O)[C@H]2O)c(=O)[nH]1. The van der Waals surface area contributed by atoms with E-state index in [1.54, 1.807) is 0 Å². The van der Waals surface area contributed by atoms with Crippen molar-refractivity contribution >= 4 is 33.2 Å². The summed E-state index contributed by atoms with van der Waals surface area (Å²) in [4.78, 5) is 67.1. The van der Waals surface area contributed by atoms with E-state index in [9.17, 15) is 43.7 Å². The number of hydrogen-bond donors (Lipinski definition) is 8. The quantitative estimate of drug-likeness (QED) is 0.0977. The maximum absolute atomic E-state index is 12.9. The summed E-state index contributed by atoms with van der Waals surface area (Å²) in [6.45, 7) is -1.61. The molecule has 5 heterocycles. The molecular formula is C19H24N7O15P2+. The maximum atomic E-state index is 12.9. The van der Waals surface area contributed by atoms with Crippen LogP contribution in [0.25, 0.3) is 11.2 Å². The summed E-state index contributed by atoms with van der Waals surface area (Å²) in [5.41, 5.74) is 2.90. The van der Waals surface area contributed by atoms with Gasteiger partial charge in [-0.2, -0.15) is 4.98 Å². The van der Waals surface area contributed by atoms with Crippen LogP contribution in [0.2, 0.25) is 0 Å². The Morgan fingerprint density at radius 2 is 1.74 bits per heavy atom. The van der Waals surface area contributed by atoms with E-state index < -0.39 is 95.2 Å².